The maximum absolute atomic E-state index is 12.0. The van der Waals surface area contributed by atoms with Crippen molar-refractivity contribution in [2.75, 3.05) is 5.73 Å². The number of benzene rings is 1. The largest absolute Gasteiger partial charge is 0.456 e. The van der Waals surface area contributed by atoms with Crippen LogP contribution < -0.4 is 5.73 Å². The Kier molecular flexibility index (Phi) is 3.55. The third-order valence-electron chi connectivity index (χ3n) is 2.92. The van der Waals surface area contributed by atoms with E-state index >= 15 is 0 Å². The van der Waals surface area contributed by atoms with Crippen LogP contribution in [0, 0.1) is 13.8 Å². The van der Waals surface area contributed by atoms with Crippen LogP contribution >= 0.6 is 0 Å². The van der Waals surface area contributed by atoms with Gasteiger partial charge in [-0.25, -0.2) is 4.79 Å². The number of ether oxygens (including phenoxy) is 1. The van der Waals surface area contributed by atoms with E-state index in [2.05, 4.69) is 5.10 Å². The minimum atomic E-state index is -0.351. The van der Waals surface area contributed by atoms with Gasteiger partial charge in [-0.3, -0.25) is 4.68 Å². The van der Waals surface area contributed by atoms with Crippen molar-refractivity contribution in [3.63, 3.8) is 0 Å². The quantitative estimate of drug-likeness (QED) is 0.676. The van der Waals surface area contributed by atoms with Crippen LogP contribution in [0.4, 0.5) is 5.69 Å². The van der Waals surface area contributed by atoms with Crippen molar-refractivity contribution in [2.45, 2.75) is 20.5 Å². The summed E-state index contributed by atoms with van der Waals surface area (Å²) in [6.07, 6.45) is 0. The van der Waals surface area contributed by atoms with E-state index in [1.165, 1.54) is 0 Å². The van der Waals surface area contributed by atoms with Crippen LogP contribution in [0.5, 0.6) is 0 Å². The van der Waals surface area contributed by atoms with Gasteiger partial charge in [0.05, 0.1) is 17.0 Å². The maximum Gasteiger partial charge on any atom is 0.338 e. The highest BCUT2D eigenvalue weighted by molar-refractivity contribution is 5.91. The van der Waals surface area contributed by atoms with Crippen LogP contribution in [-0.2, 0) is 18.4 Å². The minimum absolute atomic E-state index is 0.208. The summed E-state index contributed by atoms with van der Waals surface area (Å²) in [5.74, 6) is -0.351. The van der Waals surface area contributed by atoms with Crippen LogP contribution in [0.3, 0.4) is 0 Å². The molecule has 1 aromatic carbocycles. The first kappa shape index (κ1) is 13.1. The van der Waals surface area contributed by atoms with Gasteiger partial charge in [0.2, 0.25) is 0 Å². The number of aryl methyl sites for hydroxylation is 3. The molecule has 0 amide bonds. The van der Waals surface area contributed by atoms with Crippen LogP contribution in [0.2, 0.25) is 0 Å². The minimum Gasteiger partial charge on any atom is -0.456 e. The normalized spacial score (nSPS) is 10.5. The maximum atomic E-state index is 12.0. The second-order valence-corrected chi connectivity index (χ2v) is 4.55. The number of hydrogen-bond acceptors (Lipinski definition) is 4. The second-order valence-electron chi connectivity index (χ2n) is 4.55. The van der Waals surface area contributed by atoms with Gasteiger partial charge in [0, 0.05) is 12.7 Å². The van der Waals surface area contributed by atoms with Gasteiger partial charge < -0.3 is 10.5 Å². The molecule has 0 saturated carbocycles. The van der Waals surface area contributed by atoms with Crippen LogP contribution in [-0.4, -0.2) is 15.7 Å². The van der Waals surface area contributed by atoms with Crippen molar-refractivity contribution in [3.8, 4) is 0 Å². The third-order valence-corrected chi connectivity index (χ3v) is 2.92. The Morgan fingerprint density at radius 1 is 1.37 bits per heavy atom. The average molecular weight is 259 g/mol. The fourth-order valence-electron chi connectivity index (χ4n) is 1.93. The third kappa shape index (κ3) is 2.93. The molecule has 0 radical (unpaired) electrons. The van der Waals surface area contributed by atoms with E-state index in [0.717, 1.165) is 17.0 Å². The standard InChI is InChI=1S/C14H17N3O2/c1-9-6-11(15)4-5-13(9)14(18)19-8-12-7-10(2)16-17(12)3/h4-7H,8,15H2,1-3H3. The highest BCUT2D eigenvalue weighted by atomic mass is 16.5. The van der Waals surface area contributed by atoms with E-state index in [0.29, 0.717) is 11.3 Å². The van der Waals surface area contributed by atoms with Crippen molar-refractivity contribution >= 4 is 11.7 Å². The van der Waals surface area contributed by atoms with Gasteiger partial charge in [-0.05, 0) is 43.7 Å². The Hall–Kier alpha value is -2.30. The molecule has 0 aliphatic rings. The predicted molar refractivity (Wildman–Crippen MR) is 72.7 cm³/mol. The molecule has 0 spiro atoms. The van der Waals surface area contributed by atoms with Crippen LogP contribution in [0.25, 0.3) is 0 Å². The zero-order valence-corrected chi connectivity index (χ0v) is 11.3. The Balaban J connectivity index is 2.07. The highest BCUT2D eigenvalue weighted by Gasteiger charge is 2.12. The van der Waals surface area contributed by atoms with Gasteiger partial charge in [0.25, 0.3) is 0 Å². The number of aromatic nitrogens is 2. The van der Waals surface area contributed by atoms with Gasteiger partial charge in [-0.15, -0.1) is 0 Å². The number of carbonyl (C=O) groups is 1. The number of nitrogen functional groups attached to an aromatic ring is 1. The van der Waals surface area contributed by atoms with Crippen molar-refractivity contribution < 1.29 is 9.53 Å². The summed E-state index contributed by atoms with van der Waals surface area (Å²) in [5.41, 5.74) is 9.39. The molecule has 0 saturated heterocycles. The Morgan fingerprint density at radius 3 is 2.68 bits per heavy atom. The molecule has 0 bridgehead atoms. The van der Waals surface area contributed by atoms with Gasteiger partial charge in [0.15, 0.2) is 0 Å². The Bertz CT molecular complexity index is 617. The molecule has 100 valence electrons. The molecule has 0 fully saturated rings. The van der Waals surface area contributed by atoms with Crippen LogP contribution in [0.15, 0.2) is 24.3 Å². The molecule has 0 aliphatic heterocycles. The molecule has 0 aliphatic carbocycles. The lowest BCUT2D eigenvalue weighted by Crippen LogP contribution is -2.09. The second kappa shape index (κ2) is 5.14. The molecule has 0 atom stereocenters. The monoisotopic (exact) mass is 259 g/mol. The molecule has 0 unspecified atom stereocenters. The van der Waals surface area contributed by atoms with Crippen molar-refractivity contribution in [2.24, 2.45) is 7.05 Å². The van der Waals surface area contributed by atoms with Crippen molar-refractivity contribution in [1.82, 2.24) is 9.78 Å². The number of rotatable bonds is 3. The molecule has 5 nitrogen and oxygen atoms in total. The zero-order chi connectivity index (χ0) is 14.0. The first-order valence-corrected chi connectivity index (χ1v) is 6.00. The number of anilines is 1. The summed E-state index contributed by atoms with van der Waals surface area (Å²) in [6.45, 7) is 3.94. The van der Waals surface area contributed by atoms with Gasteiger partial charge in [0.1, 0.15) is 6.61 Å². The lowest BCUT2D eigenvalue weighted by atomic mass is 10.1. The molecule has 19 heavy (non-hydrogen) atoms. The number of carbonyl (C=O) groups excluding carboxylic acids is 1. The fraction of sp³-hybridized carbons (Fsp3) is 0.286. The van der Waals surface area contributed by atoms with Crippen molar-refractivity contribution in [3.05, 3.63) is 46.8 Å². The predicted octanol–water partition coefficient (Wildman–Crippen LogP) is 1.98. The van der Waals surface area contributed by atoms with E-state index in [1.54, 1.807) is 22.9 Å². The summed E-state index contributed by atoms with van der Waals surface area (Å²) in [4.78, 5) is 12.0. The van der Waals surface area contributed by atoms with E-state index in [4.69, 9.17) is 10.5 Å². The molecular weight excluding hydrogens is 242 g/mol. The molecule has 2 aromatic rings. The lowest BCUT2D eigenvalue weighted by Gasteiger charge is -2.07. The van der Waals surface area contributed by atoms with E-state index < -0.39 is 0 Å². The average Bonchev–Trinajstić information content (AvgIpc) is 2.65. The summed E-state index contributed by atoms with van der Waals surface area (Å²) >= 11 is 0. The molecule has 2 rings (SSSR count). The van der Waals surface area contributed by atoms with Crippen LogP contribution in [0.1, 0.15) is 27.3 Å². The lowest BCUT2D eigenvalue weighted by molar-refractivity contribution is 0.0462. The first-order chi connectivity index (χ1) is 8.97. The van der Waals surface area contributed by atoms with Crippen molar-refractivity contribution in [1.29, 1.82) is 0 Å². The topological polar surface area (TPSA) is 70.1 Å². The summed E-state index contributed by atoms with van der Waals surface area (Å²) in [7, 11) is 1.82. The Labute approximate surface area is 112 Å². The summed E-state index contributed by atoms with van der Waals surface area (Å²) in [6, 6.07) is 7.02. The fourth-order valence-corrected chi connectivity index (χ4v) is 1.93. The van der Waals surface area contributed by atoms with E-state index in [1.807, 2.05) is 27.0 Å². The number of nitrogens with zero attached hydrogens (tertiary/aromatic N) is 2. The summed E-state index contributed by atoms with van der Waals surface area (Å²) < 4.78 is 7.00. The smallest absolute Gasteiger partial charge is 0.338 e. The van der Waals surface area contributed by atoms with E-state index in [-0.39, 0.29) is 12.6 Å². The summed E-state index contributed by atoms with van der Waals surface area (Å²) in [5, 5.41) is 4.20. The van der Waals surface area contributed by atoms with Gasteiger partial charge in [-0.2, -0.15) is 5.10 Å². The van der Waals surface area contributed by atoms with Gasteiger partial charge >= 0.3 is 5.97 Å². The molecular formula is C14H17N3O2. The highest BCUT2D eigenvalue weighted by Crippen LogP contribution is 2.14. The first-order valence-electron chi connectivity index (χ1n) is 6.00. The number of esters is 1. The van der Waals surface area contributed by atoms with Gasteiger partial charge in [-0.1, -0.05) is 0 Å². The number of hydrogen-bond donors (Lipinski definition) is 1. The Morgan fingerprint density at radius 2 is 2.11 bits per heavy atom. The molecule has 5 heteroatoms. The SMILES string of the molecule is Cc1cc(COC(=O)c2ccc(N)cc2C)n(C)n1. The zero-order valence-electron chi connectivity index (χ0n) is 11.3. The molecule has 1 aromatic heterocycles. The molecule has 1 heterocycles. The number of nitrogens with two attached hydrogens (primary N) is 1. The molecule has 2 N–H and O–H groups in total. The van der Waals surface area contributed by atoms with E-state index in [9.17, 15) is 4.79 Å².